The van der Waals surface area contributed by atoms with Crippen LogP contribution in [0.5, 0.6) is 17.2 Å². The number of hydrogen-bond acceptors (Lipinski definition) is 5. The van der Waals surface area contributed by atoms with Gasteiger partial charge in [-0.15, -0.1) is 0 Å². The van der Waals surface area contributed by atoms with Crippen LogP contribution in [0, 0.1) is 0 Å². The van der Waals surface area contributed by atoms with Gasteiger partial charge in [-0.3, -0.25) is 0 Å². The van der Waals surface area contributed by atoms with E-state index in [0.29, 0.717) is 5.75 Å². The second kappa shape index (κ2) is 7.13. The van der Waals surface area contributed by atoms with E-state index in [1.54, 1.807) is 6.08 Å². The van der Waals surface area contributed by atoms with Crippen LogP contribution in [0.25, 0.3) is 17.0 Å². The molecule has 0 spiro atoms. The second-order valence-corrected chi connectivity index (χ2v) is 7.33. The van der Waals surface area contributed by atoms with Gasteiger partial charge in [0.2, 0.25) is 5.75 Å². The molecule has 0 fully saturated rings. The molecule has 1 heterocycles. The highest BCUT2D eigenvalue weighted by atomic mass is 32.2. The van der Waals surface area contributed by atoms with E-state index in [0.717, 1.165) is 16.5 Å². The summed E-state index contributed by atoms with van der Waals surface area (Å²) in [6.45, 7) is 0. The Bertz CT molecular complexity index is 1040. The SMILES string of the molecule is COc1cc(S(=O)(=O)C=Cc2cccc3[nH]ccc23)cc(OC)c1OC. The Morgan fingerprint density at radius 1 is 0.962 bits per heavy atom. The van der Waals surface area contributed by atoms with Crippen molar-refractivity contribution in [2.24, 2.45) is 0 Å². The number of fused-ring (bicyclic) bond motifs is 1. The standard InChI is InChI=1S/C19H19NO5S/c1-23-17-11-14(12-18(24-2)19(17)25-3)26(21,22)10-8-13-5-4-6-16-15(13)7-9-20-16/h4-12,20H,1-3H3. The van der Waals surface area contributed by atoms with E-state index in [1.807, 2.05) is 30.5 Å². The third-order valence-electron chi connectivity index (χ3n) is 4.02. The van der Waals surface area contributed by atoms with E-state index in [-0.39, 0.29) is 16.4 Å². The minimum absolute atomic E-state index is 0.0597. The molecule has 3 aromatic rings. The zero-order chi connectivity index (χ0) is 18.7. The van der Waals surface area contributed by atoms with Crippen molar-refractivity contribution >= 4 is 26.8 Å². The maximum Gasteiger partial charge on any atom is 0.203 e. The molecule has 1 aromatic heterocycles. The van der Waals surface area contributed by atoms with Gasteiger partial charge < -0.3 is 19.2 Å². The largest absolute Gasteiger partial charge is 0.493 e. The van der Waals surface area contributed by atoms with Gasteiger partial charge in [0.1, 0.15) is 0 Å². The molecule has 0 saturated carbocycles. The number of aromatic amines is 1. The van der Waals surface area contributed by atoms with Crippen molar-refractivity contribution in [1.29, 1.82) is 0 Å². The second-order valence-electron chi connectivity index (χ2n) is 5.49. The van der Waals surface area contributed by atoms with Crippen molar-refractivity contribution in [3.63, 3.8) is 0 Å². The molecule has 26 heavy (non-hydrogen) atoms. The third kappa shape index (κ3) is 3.25. The average molecular weight is 373 g/mol. The summed E-state index contributed by atoms with van der Waals surface area (Å²) in [5, 5.41) is 2.12. The summed E-state index contributed by atoms with van der Waals surface area (Å²) in [5.41, 5.74) is 1.75. The highest BCUT2D eigenvalue weighted by Gasteiger charge is 2.19. The molecule has 6 nitrogen and oxygen atoms in total. The van der Waals surface area contributed by atoms with Crippen LogP contribution in [-0.2, 0) is 9.84 Å². The van der Waals surface area contributed by atoms with Crippen molar-refractivity contribution in [2.75, 3.05) is 21.3 Å². The van der Waals surface area contributed by atoms with Gasteiger partial charge in [0.05, 0.1) is 26.2 Å². The molecule has 136 valence electrons. The Balaban J connectivity index is 2.04. The van der Waals surface area contributed by atoms with Crippen molar-refractivity contribution < 1.29 is 22.6 Å². The smallest absolute Gasteiger partial charge is 0.203 e. The fourth-order valence-electron chi connectivity index (χ4n) is 2.72. The predicted molar refractivity (Wildman–Crippen MR) is 101 cm³/mol. The molecule has 0 bridgehead atoms. The predicted octanol–water partition coefficient (Wildman–Crippen LogP) is 3.64. The lowest BCUT2D eigenvalue weighted by atomic mass is 10.1. The number of nitrogens with one attached hydrogen (secondary N) is 1. The number of methoxy groups -OCH3 is 3. The van der Waals surface area contributed by atoms with Crippen LogP contribution in [0.3, 0.4) is 0 Å². The number of aromatic nitrogens is 1. The van der Waals surface area contributed by atoms with Crippen LogP contribution in [0.2, 0.25) is 0 Å². The molecule has 0 aliphatic heterocycles. The summed E-state index contributed by atoms with van der Waals surface area (Å²) in [6.07, 6.45) is 3.39. The highest BCUT2D eigenvalue weighted by molar-refractivity contribution is 7.94. The van der Waals surface area contributed by atoms with Crippen LogP contribution in [0.4, 0.5) is 0 Å². The van der Waals surface area contributed by atoms with E-state index in [9.17, 15) is 8.42 Å². The van der Waals surface area contributed by atoms with E-state index >= 15 is 0 Å². The fourth-order valence-corrected chi connectivity index (χ4v) is 3.74. The molecule has 1 N–H and O–H groups in total. The molecule has 3 rings (SSSR count). The van der Waals surface area contributed by atoms with Crippen LogP contribution in [-0.4, -0.2) is 34.7 Å². The Hall–Kier alpha value is -2.93. The first-order chi connectivity index (χ1) is 12.5. The topological polar surface area (TPSA) is 77.6 Å². The zero-order valence-electron chi connectivity index (χ0n) is 14.6. The Morgan fingerprint density at radius 2 is 1.65 bits per heavy atom. The Kier molecular flexibility index (Phi) is 4.90. The van der Waals surface area contributed by atoms with Crippen molar-refractivity contribution in [3.8, 4) is 17.2 Å². The first-order valence-corrected chi connectivity index (χ1v) is 9.34. The molecule has 0 aliphatic carbocycles. The van der Waals surface area contributed by atoms with Crippen LogP contribution in [0.15, 0.2) is 52.9 Å². The number of sulfone groups is 1. The van der Waals surface area contributed by atoms with Gasteiger partial charge >= 0.3 is 0 Å². The molecule has 0 unspecified atom stereocenters. The third-order valence-corrected chi connectivity index (χ3v) is 5.41. The minimum Gasteiger partial charge on any atom is -0.493 e. The van der Waals surface area contributed by atoms with Crippen LogP contribution < -0.4 is 14.2 Å². The molecule has 0 amide bonds. The van der Waals surface area contributed by atoms with E-state index in [4.69, 9.17) is 14.2 Å². The monoisotopic (exact) mass is 373 g/mol. The molecule has 0 atom stereocenters. The van der Waals surface area contributed by atoms with Gasteiger partial charge in [0.25, 0.3) is 0 Å². The lowest BCUT2D eigenvalue weighted by Gasteiger charge is -2.13. The first kappa shape index (κ1) is 17.9. The van der Waals surface area contributed by atoms with Gasteiger partial charge in [-0.1, -0.05) is 12.1 Å². The summed E-state index contributed by atoms with van der Waals surface area (Å²) in [6, 6.07) is 10.4. The van der Waals surface area contributed by atoms with Crippen molar-refractivity contribution in [1.82, 2.24) is 4.98 Å². The quantitative estimate of drug-likeness (QED) is 0.714. The minimum atomic E-state index is -3.71. The maximum absolute atomic E-state index is 12.8. The van der Waals surface area contributed by atoms with Gasteiger partial charge in [0.15, 0.2) is 21.3 Å². The summed E-state index contributed by atoms with van der Waals surface area (Å²) < 4.78 is 41.2. The van der Waals surface area contributed by atoms with Crippen molar-refractivity contribution in [3.05, 3.63) is 53.6 Å². The molecule has 0 saturated heterocycles. The van der Waals surface area contributed by atoms with Crippen LogP contribution >= 0.6 is 0 Å². The Labute approximate surface area is 151 Å². The summed E-state index contributed by atoms with van der Waals surface area (Å²) >= 11 is 0. The lowest BCUT2D eigenvalue weighted by Crippen LogP contribution is -2.01. The van der Waals surface area contributed by atoms with Crippen LogP contribution in [0.1, 0.15) is 5.56 Å². The first-order valence-electron chi connectivity index (χ1n) is 7.79. The normalized spacial score (nSPS) is 11.8. The average Bonchev–Trinajstić information content (AvgIpc) is 3.14. The summed E-state index contributed by atoms with van der Waals surface area (Å²) in [5.74, 6) is 0.910. The van der Waals surface area contributed by atoms with Gasteiger partial charge in [-0.2, -0.15) is 0 Å². The highest BCUT2D eigenvalue weighted by Crippen LogP contribution is 2.39. The number of H-pyrrole nitrogens is 1. The molecule has 0 aliphatic rings. The maximum atomic E-state index is 12.8. The summed E-state index contributed by atoms with van der Waals surface area (Å²) in [4.78, 5) is 3.16. The summed E-state index contributed by atoms with van der Waals surface area (Å²) in [7, 11) is 0.639. The zero-order valence-corrected chi connectivity index (χ0v) is 15.5. The van der Waals surface area contributed by atoms with Gasteiger partial charge in [-0.25, -0.2) is 8.42 Å². The number of hydrogen-bond donors (Lipinski definition) is 1. The Morgan fingerprint density at radius 3 is 2.27 bits per heavy atom. The van der Waals surface area contributed by atoms with E-state index in [1.165, 1.54) is 38.9 Å². The molecule has 7 heteroatoms. The molecular formula is C19H19NO5S. The molecule has 2 aromatic carbocycles. The number of rotatable bonds is 6. The molecule has 0 radical (unpaired) electrons. The number of benzene rings is 2. The van der Waals surface area contributed by atoms with E-state index < -0.39 is 9.84 Å². The fraction of sp³-hybridized carbons (Fsp3) is 0.158. The molecular weight excluding hydrogens is 354 g/mol. The van der Waals surface area contributed by atoms with Crippen molar-refractivity contribution in [2.45, 2.75) is 4.90 Å². The van der Waals surface area contributed by atoms with Gasteiger partial charge in [-0.05, 0) is 23.8 Å². The van der Waals surface area contributed by atoms with E-state index in [2.05, 4.69) is 4.98 Å². The number of ether oxygens (including phenoxy) is 3. The van der Waals surface area contributed by atoms with Gasteiger partial charge in [0, 0.05) is 34.6 Å². The lowest BCUT2D eigenvalue weighted by molar-refractivity contribution is 0.323.